The molecule has 26 nitrogen and oxygen atoms in total. The predicted octanol–water partition coefficient (Wildman–Crippen LogP) is 6.79. The van der Waals surface area contributed by atoms with Gasteiger partial charge in [0.05, 0.1) is 92.9 Å². The van der Waals surface area contributed by atoms with Gasteiger partial charge in [-0.2, -0.15) is 0 Å². The van der Waals surface area contributed by atoms with Crippen molar-refractivity contribution in [3.63, 3.8) is 0 Å². The predicted molar refractivity (Wildman–Crippen MR) is 335 cm³/mol. The smallest absolute Gasteiger partial charge is 0.407 e. The van der Waals surface area contributed by atoms with Crippen LogP contribution in [-0.2, 0) is 80.8 Å². The second-order valence-corrected chi connectivity index (χ2v) is 29.2. The molecule has 1 amide bonds. The van der Waals surface area contributed by atoms with Gasteiger partial charge in [0.15, 0.2) is 36.9 Å². The highest BCUT2D eigenvalue weighted by Crippen LogP contribution is 2.65. The number of ether oxygens (including phenoxy) is 13. The minimum atomic E-state index is -2.18. The number of nitrogens with one attached hydrogen (secondary N) is 1. The average molecular weight is 1340 g/mol. The lowest BCUT2D eigenvalue weighted by Crippen LogP contribution is -2.65. The first-order chi connectivity index (χ1) is 44.8. The summed E-state index contributed by atoms with van der Waals surface area (Å²) in [6.45, 7) is 23.1. The van der Waals surface area contributed by atoms with Crippen LogP contribution in [0.15, 0.2) is 58.4 Å². The maximum atomic E-state index is 15.7. The van der Waals surface area contributed by atoms with Crippen molar-refractivity contribution in [2.75, 3.05) is 13.7 Å². The van der Waals surface area contributed by atoms with Crippen molar-refractivity contribution in [1.29, 1.82) is 0 Å². The van der Waals surface area contributed by atoms with Crippen LogP contribution in [0.2, 0.25) is 0 Å². The van der Waals surface area contributed by atoms with Gasteiger partial charge in [0, 0.05) is 74.0 Å². The highest BCUT2D eigenvalue weighted by atomic mass is 16.7. The maximum Gasteiger partial charge on any atom is 0.407 e. The van der Waals surface area contributed by atoms with E-state index in [1.54, 1.807) is 33.8 Å². The average Bonchev–Trinajstić information content (AvgIpc) is 1.63. The zero-order valence-corrected chi connectivity index (χ0v) is 57.1. The molecule has 0 aromatic rings. The summed E-state index contributed by atoms with van der Waals surface area (Å²) in [5.41, 5.74) is -5.89. The molecule has 5 N–H and O–H groups in total. The van der Waals surface area contributed by atoms with Gasteiger partial charge in [0.1, 0.15) is 35.9 Å². The number of amides is 1. The molecule has 2 bridgehead atoms. The van der Waals surface area contributed by atoms with Gasteiger partial charge >= 0.3 is 18.0 Å². The molecule has 530 valence electrons. The second kappa shape index (κ2) is 28.6. The number of hydrogen-bond acceptors (Lipinski definition) is 24. The molecule has 6 saturated heterocycles. The number of nitrogens with zero attached hydrogens (tertiary/aromatic N) is 1. The molecule has 3 unspecified atom stereocenters. The summed E-state index contributed by atoms with van der Waals surface area (Å²) >= 11 is 0. The zero-order valence-electron chi connectivity index (χ0n) is 57.1. The summed E-state index contributed by atoms with van der Waals surface area (Å²) in [7, 11) is 1.16. The molecule has 0 aromatic carbocycles. The van der Waals surface area contributed by atoms with E-state index in [-0.39, 0.29) is 49.7 Å². The number of rotatable bonds is 15. The fourth-order valence-electron chi connectivity index (χ4n) is 17.4. The number of allylic oxidation sites excluding steroid dienone is 3. The number of fused-ring (bicyclic) bond motifs is 4. The Morgan fingerprint density at radius 1 is 0.768 bits per heavy atom. The zero-order chi connectivity index (χ0) is 69.1. The number of aliphatic hydroxyl groups is 4. The maximum absolute atomic E-state index is 15.7. The molecule has 10 rings (SSSR count). The molecular formula is C69H100N2O24. The van der Waals surface area contributed by atoms with Crippen LogP contribution in [0.25, 0.3) is 0 Å². The van der Waals surface area contributed by atoms with Gasteiger partial charge in [0.2, 0.25) is 11.3 Å². The Morgan fingerprint density at radius 3 is 2.06 bits per heavy atom. The van der Waals surface area contributed by atoms with E-state index in [4.69, 9.17) is 61.6 Å². The molecule has 29 atom stereocenters. The summed E-state index contributed by atoms with van der Waals surface area (Å²) in [5, 5.41) is 62.1. The Labute approximate surface area is 555 Å². The van der Waals surface area contributed by atoms with E-state index in [9.17, 15) is 49.7 Å². The third-order valence-electron chi connectivity index (χ3n) is 22.8. The Kier molecular flexibility index (Phi) is 21.9. The van der Waals surface area contributed by atoms with Crippen molar-refractivity contribution in [1.82, 2.24) is 5.32 Å². The number of hydrogen-bond donors (Lipinski definition) is 5. The third kappa shape index (κ3) is 14.0. The second-order valence-electron chi connectivity index (χ2n) is 29.2. The van der Waals surface area contributed by atoms with Crippen LogP contribution < -0.4 is 5.32 Å². The Morgan fingerprint density at radius 2 is 1.41 bits per heavy atom. The standard InChI is InChI=1S/C69H100N2O24/c1-32-24-45-47(75)25-42(30-72)28-69(45)63(78)56(64(79)95-69)62(77)68(13)57-33(2)23-34(3)58(44(57)21-22-66(68,11)35(4)15-17-49(32)84-31-43-29-67(12,71(81)82)61(40(9)85-43)70-65(80)83-14)94-55-27-51(60(39(8)89-55)90-41(10)73)92-52-20-18-50(37(6)87-52)91-54-26-48(76)59(38(7)88-54)93-53-19-16-46(74)36(5)86-53/h15,21-22,24-25,30,33-34,36-40,43-55,57-61,74-77H,16-20,23,26-29,31H2,1-14H3,(H,70,80)/b32-24+,35-15+,62-56+/t33-,34-,36-,37-,38-,39-,40+,43+,44-,45+,46+,47-,48+,49-,50?,51+,52-,53-,54-,55-,57+,58-,59?,60-,61-,66-,67-,68+,69?/m0/s1. The van der Waals surface area contributed by atoms with Gasteiger partial charge in [-0.15, -0.1) is 0 Å². The molecule has 7 fully saturated rings. The Balaban J connectivity index is 0.906. The molecule has 6 heterocycles. The van der Waals surface area contributed by atoms with Crippen LogP contribution in [-0.4, -0.2) is 203 Å². The number of carbonyl (C=O) groups is 5. The normalized spacial score (nSPS) is 48.2. The first kappa shape index (κ1) is 72.7. The van der Waals surface area contributed by atoms with E-state index in [1.807, 2.05) is 46.8 Å². The monoisotopic (exact) mass is 1340 g/mol. The number of alkyl carbamates (subject to hydrolysis) is 1. The van der Waals surface area contributed by atoms with Crippen LogP contribution in [0.4, 0.5) is 4.79 Å². The third-order valence-corrected chi connectivity index (χ3v) is 22.8. The number of ketones is 1. The van der Waals surface area contributed by atoms with Gasteiger partial charge in [-0.3, -0.25) is 24.5 Å². The fourth-order valence-corrected chi connectivity index (χ4v) is 17.4. The molecule has 95 heavy (non-hydrogen) atoms. The molecule has 1 spiro atoms. The van der Waals surface area contributed by atoms with E-state index in [1.165, 1.54) is 19.9 Å². The van der Waals surface area contributed by atoms with Gasteiger partial charge in [-0.1, -0.05) is 57.6 Å². The Bertz CT molecular complexity index is 3030. The van der Waals surface area contributed by atoms with Crippen molar-refractivity contribution < 1.29 is 111 Å². The van der Waals surface area contributed by atoms with E-state index in [0.29, 0.717) is 44.0 Å². The SMILES string of the molecule is COC(=O)N[C@H]1[C@@H](C)O[C@@H](CO[C@H]2C/C=C(\C)[C@]3(C)C=C[C@@H]4[C@@H](O[C@H]5C[C@@H](O[C@H]6CCC(O[C@H]7C[C@@H](O)C(O[C@H]8CC[C@@H](O)[C@H](C)O8)[C@H](C)O7)[C@H](C)O6)[C@@H](OC(C)=O)[C@H](C)O5)[C@@H](C)C[C@H](C)[C@H]4[C@]3(C)/C(O)=C3\C(=O)OC4(CC(C=O)=C[C@H](O)[C@H]4/C=C/2C)C3=O)C[C@]1(C)[N+](=O)[O-]. The van der Waals surface area contributed by atoms with Gasteiger partial charge in [0.25, 0.3) is 0 Å². The number of nitro groups is 1. The van der Waals surface area contributed by atoms with Gasteiger partial charge in [-0.25, -0.2) is 9.59 Å². The molecule has 10 aliphatic rings. The van der Waals surface area contributed by atoms with Crippen LogP contribution in [0.1, 0.15) is 154 Å². The van der Waals surface area contributed by atoms with Crippen molar-refractivity contribution in [3.8, 4) is 0 Å². The quantitative estimate of drug-likeness (QED) is 0.0214. The van der Waals surface area contributed by atoms with E-state index in [2.05, 4.69) is 25.2 Å². The topological polar surface area (TPSA) is 341 Å². The van der Waals surface area contributed by atoms with Crippen molar-refractivity contribution >= 4 is 30.1 Å². The molecule has 26 heteroatoms. The lowest BCUT2D eigenvalue weighted by atomic mass is 9.44. The molecule has 1 saturated carbocycles. The summed E-state index contributed by atoms with van der Waals surface area (Å²) < 4.78 is 81.7. The van der Waals surface area contributed by atoms with Crippen molar-refractivity contribution in [2.45, 2.75) is 288 Å². The lowest BCUT2D eigenvalue weighted by molar-refractivity contribution is -0.581. The number of esters is 2. The number of Topliss-reactive ketones (excluding diaryl/α,β-unsaturated/α-hetero) is 1. The van der Waals surface area contributed by atoms with Crippen LogP contribution >= 0.6 is 0 Å². The summed E-state index contributed by atoms with van der Waals surface area (Å²) in [4.78, 5) is 80.6. The molecule has 4 aliphatic carbocycles. The highest BCUT2D eigenvalue weighted by Gasteiger charge is 2.67. The lowest BCUT2D eigenvalue weighted by Gasteiger charge is -2.60. The minimum Gasteiger partial charge on any atom is -0.511 e. The fraction of sp³-hybridized carbons (Fsp3) is 0.783. The van der Waals surface area contributed by atoms with Crippen LogP contribution in [0.5, 0.6) is 0 Å². The van der Waals surface area contributed by atoms with Crippen molar-refractivity contribution in [2.24, 2.45) is 40.4 Å². The first-order valence-electron chi connectivity index (χ1n) is 33.9. The molecule has 0 aromatic heterocycles. The van der Waals surface area contributed by atoms with E-state index < -0.39 is 209 Å². The van der Waals surface area contributed by atoms with Gasteiger partial charge in [-0.05, 0) is 109 Å². The summed E-state index contributed by atoms with van der Waals surface area (Å²) in [6, 6.07) is -1.06. The number of carbonyl (C=O) groups excluding carboxylic acids is 5. The molecular weight excluding hydrogens is 1240 g/mol. The molecule has 6 aliphatic heterocycles. The number of aldehydes is 1. The van der Waals surface area contributed by atoms with Gasteiger partial charge < -0.3 is 87.3 Å². The number of methoxy groups -OCH3 is 1. The Hall–Kier alpha value is -5.07. The largest absolute Gasteiger partial charge is 0.511 e. The highest BCUT2D eigenvalue weighted by molar-refractivity contribution is 6.26. The van der Waals surface area contributed by atoms with E-state index >= 15 is 4.79 Å². The first-order valence-corrected chi connectivity index (χ1v) is 33.9. The number of aliphatic hydroxyl groups excluding tert-OH is 4. The summed E-state index contributed by atoms with van der Waals surface area (Å²) in [6.07, 6.45) is -3.12. The van der Waals surface area contributed by atoms with Crippen LogP contribution in [0.3, 0.4) is 0 Å². The molecule has 0 radical (unpaired) electrons. The van der Waals surface area contributed by atoms with Crippen molar-refractivity contribution in [3.05, 3.63) is 68.5 Å². The van der Waals surface area contributed by atoms with E-state index in [0.717, 1.165) is 12.7 Å². The van der Waals surface area contributed by atoms with Crippen LogP contribution in [0, 0.1) is 50.5 Å². The summed E-state index contributed by atoms with van der Waals surface area (Å²) in [5.74, 6) is -5.72. The minimum absolute atomic E-state index is 0.0125.